The van der Waals surface area contributed by atoms with E-state index < -0.39 is 38.8 Å². The Morgan fingerprint density at radius 3 is 2.35 bits per heavy atom. The molecule has 0 radical (unpaired) electrons. The second-order valence-corrected chi connectivity index (χ2v) is 9.93. The van der Waals surface area contributed by atoms with Crippen molar-refractivity contribution in [1.82, 2.24) is 19.9 Å². The van der Waals surface area contributed by atoms with Gasteiger partial charge in [0.25, 0.3) is 0 Å². The first-order valence-corrected chi connectivity index (χ1v) is 12.5. The number of pyridine rings is 2. The zero-order chi connectivity index (χ0) is 26.2. The number of H-pyrrole nitrogens is 1. The second kappa shape index (κ2) is 9.54. The molecule has 0 unspecified atom stereocenters. The van der Waals surface area contributed by atoms with Crippen LogP contribution in [0.5, 0.6) is 23.0 Å². The molecule has 1 N–H and O–H groups in total. The number of aromatic amines is 1. The van der Waals surface area contributed by atoms with E-state index in [-0.39, 0.29) is 39.1 Å². The second-order valence-electron chi connectivity index (χ2n) is 7.70. The van der Waals surface area contributed by atoms with Gasteiger partial charge in [-0.25, -0.2) is 31.6 Å². The van der Waals surface area contributed by atoms with Gasteiger partial charge in [-0.2, -0.15) is 0 Å². The molecule has 5 aromatic rings. The number of fused-ring (bicyclic) bond motifs is 1. The third-order valence-electron chi connectivity index (χ3n) is 5.31. The number of imidazole rings is 1. The van der Waals surface area contributed by atoms with Gasteiger partial charge < -0.3 is 14.5 Å². The Balaban J connectivity index is 1.63. The Kier molecular flexibility index (Phi) is 6.25. The molecular weight excluding hydrogens is 509 g/mol. The highest BCUT2D eigenvalue weighted by Crippen LogP contribution is 2.42. The minimum atomic E-state index is -3.57. The van der Waals surface area contributed by atoms with Gasteiger partial charge in [0.15, 0.2) is 49.6 Å². The first-order valence-electron chi connectivity index (χ1n) is 10.9. The molecule has 3 aromatic heterocycles. The van der Waals surface area contributed by atoms with Crippen molar-refractivity contribution in [2.75, 3.05) is 5.75 Å². The minimum absolute atomic E-state index is 0.0448. The number of sulfone groups is 1. The maximum atomic E-state index is 15.8. The summed E-state index contributed by atoms with van der Waals surface area (Å²) in [4.78, 5) is 15.2. The van der Waals surface area contributed by atoms with Crippen LogP contribution in [-0.2, 0) is 9.84 Å². The summed E-state index contributed by atoms with van der Waals surface area (Å²) >= 11 is 0. The van der Waals surface area contributed by atoms with Crippen LogP contribution in [0.15, 0.2) is 72.0 Å². The number of nitrogens with one attached hydrogen (secondary N) is 1. The number of halogens is 3. The van der Waals surface area contributed by atoms with Gasteiger partial charge >= 0.3 is 0 Å². The van der Waals surface area contributed by atoms with E-state index in [0.717, 1.165) is 24.4 Å². The monoisotopic (exact) mass is 526 g/mol. The lowest BCUT2D eigenvalue weighted by Gasteiger charge is -2.14. The van der Waals surface area contributed by atoms with Crippen LogP contribution in [-0.4, -0.2) is 34.1 Å². The predicted octanol–water partition coefficient (Wildman–Crippen LogP) is 5.82. The van der Waals surface area contributed by atoms with Crippen LogP contribution in [0.25, 0.3) is 22.6 Å². The van der Waals surface area contributed by atoms with Crippen molar-refractivity contribution in [1.29, 1.82) is 0 Å². The molecular formula is C25H17F3N4O4S. The highest BCUT2D eigenvalue weighted by Gasteiger charge is 2.24. The van der Waals surface area contributed by atoms with Crippen molar-refractivity contribution in [3.63, 3.8) is 0 Å². The summed E-state index contributed by atoms with van der Waals surface area (Å²) in [5.41, 5.74) is 0.440. The Labute approximate surface area is 208 Å². The molecule has 0 atom stereocenters. The summed E-state index contributed by atoms with van der Waals surface area (Å²) < 4.78 is 79.6. The molecule has 0 saturated carbocycles. The summed E-state index contributed by atoms with van der Waals surface area (Å²) in [6, 6.07) is 12.0. The predicted molar refractivity (Wildman–Crippen MR) is 128 cm³/mol. The van der Waals surface area contributed by atoms with Crippen molar-refractivity contribution in [3.05, 3.63) is 84.4 Å². The smallest absolute Gasteiger partial charge is 0.207 e. The van der Waals surface area contributed by atoms with Crippen LogP contribution in [0.1, 0.15) is 6.92 Å². The number of hydrogen-bond donors (Lipinski definition) is 1. The SMILES string of the molecule is CCS(=O)(=O)c1ccc(Oc2c(Oc3c(F)cccc3F)cc3nc(-c4ccccn4)[nH]c3c2F)cn1. The van der Waals surface area contributed by atoms with E-state index in [4.69, 9.17) is 9.47 Å². The molecule has 2 aromatic carbocycles. The van der Waals surface area contributed by atoms with E-state index in [0.29, 0.717) is 5.69 Å². The number of benzene rings is 2. The number of para-hydroxylation sites is 1. The van der Waals surface area contributed by atoms with Gasteiger partial charge in [0.1, 0.15) is 17.0 Å². The molecule has 12 heteroatoms. The molecule has 0 saturated heterocycles. The van der Waals surface area contributed by atoms with Gasteiger partial charge in [0.05, 0.1) is 17.5 Å². The van der Waals surface area contributed by atoms with Crippen molar-refractivity contribution < 1.29 is 31.1 Å². The van der Waals surface area contributed by atoms with E-state index in [2.05, 4.69) is 19.9 Å². The number of nitrogens with zero attached hydrogens (tertiary/aromatic N) is 3. The Hall–Kier alpha value is -4.45. The first kappa shape index (κ1) is 24.3. The Morgan fingerprint density at radius 2 is 1.70 bits per heavy atom. The van der Waals surface area contributed by atoms with E-state index in [1.54, 1.807) is 18.2 Å². The van der Waals surface area contributed by atoms with Gasteiger partial charge in [0, 0.05) is 12.3 Å². The lowest BCUT2D eigenvalue weighted by molar-refractivity contribution is 0.369. The fraction of sp³-hybridized carbons (Fsp3) is 0.0800. The van der Waals surface area contributed by atoms with E-state index in [9.17, 15) is 17.2 Å². The fourth-order valence-electron chi connectivity index (χ4n) is 3.43. The van der Waals surface area contributed by atoms with Crippen molar-refractivity contribution in [3.8, 4) is 34.5 Å². The Morgan fingerprint density at radius 1 is 0.919 bits per heavy atom. The number of rotatable bonds is 7. The van der Waals surface area contributed by atoms with Gasteiger partial charge in [-0.05, 0) is 36.4 Å². The molecule has 0 aliphatic rings. The quantitative estimate of drug-likeness (QED) is 0.285. The maximum absolute atomic E-state index is 15.8. The van der Waals surface area contributed by atoms with Gasteiger partial charge in [0.2, 0.25) is 5.75 Å². The maximum Gasteiger partial charge on any atom is 0.207 e. The van der Waals surface area contributed by atoms with Crippen molar-refractivity contribution >= 4 is 20.9 Å². The normalized spacial score (nSPS) is 11.6. The molecule has 5 rings (SSSR count). The van der Waals surface area contributed by atoms with Crippen molar-refractivity contribution in [2.24, 2.45) is 0 Å². The summed E-state index contributed by atoms with van der Waals surface area (Å²) in [6.45, 7) is 1.47. The summed E-state index contributed by atoms with van der Waals surface area (Å²) in [5.74, 6) is -4.63. The number of ether oxygens (including phenoxy) is 2. The number of hydrogen-bond acceptors (Lipinski definition) is 7. The summed E-state index contributed by atoms with van der Waals surface area (Å²) in [7, 11) is -3.57. The van der Waals surface area contributed by atoms with Crippen LogP contribution in [0.3, 0.4) is 0 Å². The van der Waals surface area contributed by atoms with Crippen LogP contribution < -0.4 is 9.47 Å². The molecule has 0 aliphatic carbocycles. The van der Waals surface area contributed by atoms with Crippen LogP contribution >= 0.6 is 0 Å². The first-order chi connectivity index (χ1) is 17.8. The zero-order valence-corrected chi connectivity index (χ0v) is 19.9. The standard InChI is InChI=1S/C25H17F3N4O4S/c1-2-37(33,34)20-10-9-14(13-30-20)35-24-19(36-23-15(26)6-5-7-16(23)27)12-18-22(21(24)28)32-25(31-18)17-8-3-4-11-29-17/h3-13H,2H2,1H3,(H,31,32). The zero-order valence-electron chi connectivity index (χ0n) is 19.1. The summed E-state index contributed by atoms with van der Waals surface area (Å²) in [5, 5.41) is -0.184. The molecule has 37 heavy (non-hydrogen) atoms. The molecule has 0 spiro atoms. The highest BCUT2D eigenvalue weighted by molar-refractivity contribution is 7.91. The van der Waals surface area contributed by atoms with E-state index in [1.807, 2.05) is 0 Å². The topological polar surface area (TPSA) is 107 Å². The molecule has 0 aliphatic heterocycles. The third-order valence-corrected chi connectivity index (χ3v) is 6.95. The molecule has 0 fully saturated rings. The average Bonchev–Trinajstić information content (AvgIpc) is 3.34. The third kappa shape index (κ3) is 4.70. The Bertz CT molecular complexity index is 1690. The minimum Gasteiger partial charge on any atom is -0.449 e. The lowest BCUT2D eigenvalue weighted by atomic mass is 10.2. The lowest BCUT2D eigenvalue weighted by Crippen LogP contribution is -2.05. The molecule has 3 heterocycles. The fourth-order valence-corrected chi connectivity index (χ4v) is 4.22. The molecule has 188 valence electrons. The highest BCUT2D eigenvalue weighted by atomic mass is 32.2. The average molecular weight is 526 g/mol. The van der Waals surface area contributed by atoms with Crippen LogP contribution in [0.4, 0.5) is 13.2 Å². The van der Waals surface area contributed by atoms with E-state index in [1.165, 1.54) is 31.3 Å². The van der Waals surface area contributed by atoms with Gasteiger partial charge in [-0.3, -0.25) is 4.98 Å². The van der Waals surface area contributed by atoms with Crippen molar-refractivity contribution in [2.45, 2.75) is 11.9 Å². The summed E-state index contributed by atoms with van der Waals surface area (Å²) in [6.07, 6.45) is 2.63. The van der Waals surface area contributed by atoms with Crippen LogP contribution in [0.2, 0.25) is 0 Å². The van der Waals surface area contributed by atoms with Gasteiger partial charge in [-0.15, -0.1) is 0 Å². The molecule has 0 amide bonds. The molecule has 8 nitrogen and oxygen atoms in total. The largest absolute Gasteiger partial charge is 0.449 e. The number of aromatic nitrogens is 4. The van der Waals surface area contributed by atoms with Gasteiger partial charge in [-0.1, -0.05) is 19.1 Å². The molecule has 0 bridgehead atoms. The van der Waals surface area contributed by atoms with Crippen LogP contribution in [0, 0.1) is 17.5 Å². The van der Waals surface area contributed by atoms with E-state index >= 15 is 4.39 Å².